The van der Waals surface area contributed by atoms with Gasteiger partial charge in [0.1, 0.15) is 5.76 Å². The maximum atomic E-state index is 5.47. The van der Waals surface area contributed by atoms with Crippen molar-refractivity contribution in [2.75, 3.05) is 59.0 Å². The molecule has 3 aliphatic rings. The van der Waals surface area contributed by atoms with Crippen molar-refractivity contribution in [2.45, 2.75) is 38.5 Å². The lowest BCUT2D eigenvalue weighted by Gasteiger charge is -2.26. The number of likely N-dealkylation sites (tertiary alicyclic amines) is 1. The van der Waals surface area contributed by atoms with Crippen molar-refractivity contribution in [3.8, 4) is 0 Å². The number of nitrogens with one attached hydrogen (secondary N) is 1. The Kier molecular flexibility index (Phi) is 9.58. The van der Waals surface area contributed by atoms with Gasteiger partial charge in [0.25, 0.3) is 0 Å². The van der Waals surface area contributed by atoms with E-state index >= 15 is 0 Å². The van der Waals surface area contributed by atoms with Crippen LogP contribution in [0.15, 0.2) is 27.8 Å². The highest BCUT2D eigenvalue weighted by Gasteiger charge is 2.35. The molecule has 2 unspecified atom stereocenters. The van der Waals surface area contributed by atoms with Crippen LogP contribution in [0.1, 0.15) is 37.9 Å². The van der Waals surface area contributed by atoms with Crippen LogP contribution >= 0.6 is 24.0 Å². The summed E-state index contributed by atoms with van der Waals surface area (Å²) in [5, 5.41) is 3.63. The summed E-state index contributed by atoms with van der Waals surface area (Å²) in [7, 11) is 0. The first-order chi connectivity index (χ1) is 13.9. The number of halogens is 1. The van der Waals surface area contributed by atoms with E-state index < -0.39 is 0 Å². The largest absolute Gasteiger partial charge is 0.469 e. The summed E-state index contributed by atoms with van der Waals surface area (Å²) in [6.07, 6.45) is 9.39. The molecule has 1 aromatic heterocycles. The van der Waals surface area contributed by atoms with E-state index in [1.54, 1.807) is 6.26 Å². The van der Waals surface area contributed by atoms with E-state index in [-0.39, 0.29) is 24.0 Å². The van der Waals surface area contributed by atoms with Crippen LogP contribution in [0.25, 0.3) is 0 Å². The van der Waals surface area contributed by atoms with Gasteiger partial charge >= 0.3 is 0 Å². The molecule has 29 heavy (non-hydrogen) atoms. The molecule has 164 valence electrons. The summed E-state index contributed by atoms with van der Waals surface area (Å²) in [5.41, 5.74) is 0. The van der Waals surface area contributed by atoms with E-state index in [1.165, 1.54) is 38.8 Å². The highest BCUT2D eigenvalue weighted by molar-refractivity contribution is 14.0. The molecular formula is C22H37IN4O2. The quantitative estimate of drug-likeness (QED) is 0.261. The molecule has 1 aromatic rings. The average Bonchev–Trinajstić information content (AvgIpc) is 3.40. The van der Waals surface area contributed by atoms with Gasteiger partial charge in [-0.15, -0.1) is 24.0 Å². The van der Waals surface area contributed by atoms with Gasteiger partial charge in [-0.05, 0) is 43.2 Å². The van der Waals surface area contributed by atoms with E-state index in [2.05, 4.69) is 15.1 Å². The fourth-order valence-electron chi connectivity index (χ4n) is 4.90. The van der Waals surface area contributed by atoms with Crippen LogP contribution in [0.4, 0.5) is 0 Å². The van der Waals surface area contributed by atoms with Gasteiger partial charge in [0.2, 0.25) is 0 Å². The van der Waals surface area contributed by atoms with Crippen LogP contribution in [0.5, 0.6) is 0 Å². The second kappa shape index (κ2) is 12.2. The molecule has 4 rings (SSSR count). The number of guanidine groups is 1. The fraction of sp³-hybridized carbons (Fsp3) is 0.773. The Balaban J connectivity index is 0.00000240. The minimum Gasteiger partial charge on any atom is -0.469 e. The van der Waals surface area contributed by atoms with Crippen molar-refractivity contribution in [2.24, 2.45) is 16.8 Å². The number of aliphatic imine (C=N–C) groups is 1. The first-order valence-corrected chi connectivity index (χ1v) is 11.2. The van der Waals surface area contributed by atoms with Crippen LogP contribution in [0.3, 0.4) is 0 Å². The zero-order valence-electron chi connectivity index (χ0n) is 17.6. The van der Waals surface area contributed by atoms with E-state index in [0.29, 0.717) is 0 Å². The van der Waals surface area contributed by atoms with Gasteiger partial charge < -0.3 is 19.4 Å². The molecule has 2 atom stereocenters. The van der Waals surface area contributed by atoms with Gasteiger partial charge in [0.15, 0.2) is 5.96 Å². The van der Waals surface area contributed by atoms with E-state index in [9.17, 15) is 0 Å². The molecule has 6 nitrogen and oxygen atoms in total. The van der Waals surface area contributed by atoms with E-state index in [4.69, 9.17) is 14.1 Å². The summed E-state index contributed by atoms with van der Waals surface area (Å²) in [5.74, 6) is 3.90. The van der Waals surface area contributed by atoms with Gasteiger partial charge in [0.05, 0.1) is 19.5 Å². The van der Waals surface area contributed by atoms with E-state index in [1.807, 2.05) is 12.1 Å². The number of hydrogen-bond acceptors (Lipinski definition) is 4. The number of morpholine rings is 1. The minimum absolute atomic E-state index is 0. The third kappa shape index (κ3) is 6.85. The Labute approximate surface area is 192 Å². The Morgan fingerprint density at radius 1 is 1.14 bits per heavy atom. The van der Waals surface area contributed by atoms with Gasteiger partial charge in [-0.2, -0.15) is 0 Å². The Morgan fingerprint density at radius 2 is 1.90 bits per heavy atom. The Hall–Kier alpha value is -0.800. The molecule has 7 heteroatoms. The van der Waals surface area contributed by atoms with Gasteiger partial charge in [-0.3, -0.25) is 9.89 Å². The molecule has 0 bridgehead atoms. The molecule has 0 amide bonds. The highest BCUT2D eigenvalue weighted by Crippen LogP contribution is 2.35. The summed E-state index contributed by atoms with van der Waals surface area (Å²) < 4.78 is 10.9. The smallest absolute Gasteiger partial charge is 0.193 e. The Bertz CT molecular complexity index is 590. The van der Waals surface area contributed by atoms with Crippen LogP contribution < -0.4 is 5.32 Å². The zero-order valence-corrected chi connectivity index (χ0v) is 19.9. The normalized spacial score (nSPS) is 25.5. The lowest BCUT2D eigenvalue weighted by Crippen LogP contribution is -2.41. The lowest BCUT2D eigenvalue weighted by molar-refractivity contribution is 0.0377. The SMILES string of the molecule is I.c1coc(CCNC(=NCCCN2CCOCC2)N2CC3CCCCC3C2)c1. The third-order valence-corrected chi connectivity index (χ3v) is 6.51. The minimum atomic E-state index is 0. The zero-order chi connectivity index (χ0) is 19.0. The number of hydrogen-bond donors (Lipinski definition) is 1. The maximum absolute atomic E-state index is 5.47. The molecule has 0 aromatic carbocycles. The highest BCUT2D eigenvalue weighted by atomic mass is 127. The van der Waals surface area contributed by atoms with Crippen molar-refractivity contribution in [3.05, 3.63) is 24.2 Å². The lowest BCUT2D eigenvalue weighted by atomic mass is 9.82. The van der Waals surface area contributed by atoms with Gasteiger partial charge in [0, 0.05) is 52.2 Å². The first-order valence-electron chi connectivity index (χ1n) is 11.2. The van der Waals surface area contributed by atoms with Crippen molar-refractivity contribution in [3.63, 3.8) is 0 Å². The van der Waals surface area contributed by atoms with Crippen molar-refractivity contribution in [1.29, 1.82) is 0 Å². The predicted molar refractivity (Wildman–Crippen MR) is 127 cm³/mol. The summed E-state index contributed by atoms with van der Waals surface area (Å²) in [4.78, 5) is 10.0. The van der Waals surface area contributed by atoms with Crippen LogP contribution in [-0.4, -0.2) is 74.8 Å². The molecule has 0 radical (unpaired) electrons. The summed E-state index contributed by atoms with van der Waals surface area (Å²) in [6.45, 7) is 9.13. The van der Waals surface area contributed by atoms with Crippen molar-refractivity contribution in [1.82, 2.24) is 15.1 Å². The van der Waals surface area contributed by atoms with Gasteiger partial charge in [-0.1, -0.05) is 12.8 Å². The van der Waals surface area contributed by atoms with Crippen LogP contribution in [-0.2, 0) is 11.2 Å². The second-order valence-electron chi connectivity index (χ2n) is 8.48. The van der Waals surface area contributed by atoms with Crippen LogP contribution in [0, 0.1) is 11.8 Å². The molecule has 2 saturated heterocycles. The van der Waals surface area contributed by atoms with Crippen molar-refractivity contribution >= 4 is 29.9 Å². The van der Waals surface area contributed by atoms with Crippen molar-refractivity contribution < 1.29 is 9.15 Å². The third-order valence-electron chi connectivity index (χ3n) is 6.51. The number of nitrogens with zero attached hydrogens (tertiary/aromatic N) is 3. The molecule has 1 aliphatic carbocycles. The maximum Gasteiger partial charge on any atom is 0.193 e. The molecule has 0 spiro atoms. The van der Waals surface area contributed by atoms with Gasteiger partial charge in [-0.25, -0.2) is 0 Å². The molecule has 2 aliphatic heterocycles. The van der Waals surface area contributed by atoms with Crippen LogP contribution in [0.2, 0.25) is 0 Å². The first kappa shape index (κ1) is 22.9. The second-order valence-corrected chi connectivity index (χ2v) is 8.48. The summed E-state index contributed by atoms with van der Waals surface area (Å²) in [6, 6.07) is 4.01. The molecule has 3 fully saturated rings. The Morgan fingerprint density at radius 3 is 2.59 bits per heavy atom. The number of rotatable bonds is 7. The number of ether oxygens (including phenoxy) is 1. The fourth-order valence-corrected chi connectivity index (χ4v) is 4.90. The standard InChI is InChI=1S/C22H36N4O2.HI/c1-2-6-20-18-26(17-19(20)5-1)22(24-10-8-21-7-3-14-28-21)23-9-4-11-25-12-15-27-16-13-25;/h3,7,14,19-20H,1-2,4-6,8-13,15-18H2,(H,23,24);1H. The molecule has 1 N–H and O–H groups in total. The molecular weight excluding hydrogens is 479 g/mol. The monoisotopic (exact) mass is 516 g/mol. The predicted octanol–water partition coefficient (Wildman–Crippen LogP) is 3.23. The topological polar surface area (TPSA) is 53.2 Å². The average molecular weight is 516 g/mol. The number of furan rings is 1. The summed E-state index contributed by atoms with van der Waals surface area (Å²) >= 11 is 0. The molecule has 1 saturated carbocycles. The number of fused-ring (bicyclic) bond motifs is 1. The molecule has 3 heterocycles. The van der Waals surface area contributed by atoms with E-state index in [0.717, 1.165) is 82.3 Å².